The van der Waals surface area contributed by atoms with Crippen LogP contribution in [-0.4, -0.2) is 40.8 Å². The Hall–Kier alpha value is -4.89. The third-order valence-corrected chi connectivity index (χ3v) is 6.89. The van der Waals surface area contributed by atoms with E-state index in [0.29, 0.717) is 33.9 Å². The van der Waals surface area contributed by atoms with E-state index in [2.05, 4.69) is 10.6 Å². The minimum absolute atomic E-state index is 0.0162. The molecule has 0 atom stereocenters. The first kappa shape index (κ1) is 25.7. The number of imide groups is 1. The quantitative estimate of drug-likeness (QED) is 0.175. The predicted octanol–water partition coefficient (Wildman–Crippen LogP) is 5.08. The zero-order valence-corrected chi connectivity index (χ0v) is 21.4. The zero-order chi connectivity index (χ0) is 27.2. The van der Waals surface area contributed by atoms with Gasteiger partial charge in [-0.1, -0.05) is 36.4 Å². The first-order valence-corrected chi connectivity index (χ1v) is 13.1. The number of furan rings is 1. The standard InChI is InChI=1S/C30H23N3O5S/c34-27(20-8-2-1-3-9-20)32-26(19-22-11-7-16-38-22)28(35)31-21-10-6-12-23(18-21)39-17-15-33-29(36)24-13-4-5-14-25(24)30(33)37/h1-14,16,18-19H,15,17H2,(H,31,35)(H,32,34)/b26-19+. The van der Waals surface area contributed by atoms with Crippen molar-refractivity contribution in [3.05, 3.63) is 125 Å². The highest BCUT2D eigenvalue weighted by molar-refractivity contribution is 7.99. The van der Waals surface area contributed by atoms with Gasteiger partial charge in [0.05, 0.1) is 17.4 Å². The normalized spacial score (nSPS) is 12.8. The Morgan fingerprint density at radius 1 is 0.846 bits per heavy atom. The zero-order valence-electron chi connectivity index (χ0n) is 20.6. The molecule has 4 amide bonds. The van der Waals surface area contributed by atoms with Crippen molar-refractivity contribution in [1.82, 2.24) is 10.2 Å². The molecule has 9 heteroatoms. The van der Waals surface area contributed by atoms with Gasteiger partial charge in [0.25, 0.3) is 23.6 Å². The van der Waals surface area contributed by atoms with Crippen LogP contribution in [0.1, 0.15) is 36.8 Å². The topological polar surface area (TPSA) is 109 Å². The molecule has 4 aromatic rings. The molecule has 0 unspecified atom stereocenters. The fourth-order valence-corrected chi connectivity index (χ4v) is 4.91. The molecule has 0 aliphatic carbocycles. The van der Waals surface area contributed by atoms with Crippen molar-refractivity contribution in [2.45, 2.75) is 4.90 Å². The van der Waals surface area contributed by atoms with Crippen LogP contribution in [0.4, 0.5) is 5.69 Å². The second-order valence-electron chi connectivity index (χ2n) is 8.53. The highest BCUT2D eigenvalue weighted by Gasteiger charge is 2.34. The van der Waals surface area contributed by atoms with Crippen molar-refractivity contribution in [3.8, 4) is 0 Å². The Bertz CT molecular complexity index is 1530. The molecule has 3 aromatic carbocycles. The lowest BCUT2D eigenvalue weighted by Crippen LogP contribution is -2.31. The number of benzene rings is 3. The Kier molecular flexibility index (Phi) is 7.70. The van der Waals surface area contributed by atoms with Crippen molar-refractivity contribution in [2.24, 2.45) is 0 Å². The summed E-state index contributed by atoms with van der Waals surface area (Å²) in [6.45, 7) is 0.259. The van der Waals surface area contributed by atoms with Gasteiger partial charge in [-0.05, 0) is 54.6 Å². The number of amides is 4. The molecule has 2 heterocycles. The van der Waals surface area contributed by atoms with Crippen LogP contribution in [0.25, 0.3) is 6.08 Å². The second-order valence-corrected chi connectivity index (χ2v) is 9.70. The molecule has 39 heavy (non-hydrogen) atoms. The summed E-state index contributed by atoms with van der Waals surface area (Å²) >= 11 is 1.45. The minimum atomic E-state index is -0.524. The van der Waals surface area contributed by atoms with Crippen LogP contribution in [0.5, 0.6) is 0 Å². The van der Waals surface area contributed by atoms with Crippen molar-refractivity contribution >= 4 is 47.2 Å². The number of hydrogen-bond donors (Lipinski definition) is 2. The van der Waals surface area contributed by atoms with Gasteiger partial charge in [-0.2, -0.15) is 0 Å². The van der Waals surface area contributed by atoms with Gasteiger partial charge in [-0.25, -0.2) is 0 Å². The van der Waals surface area contributed by atoms with Crippen LogP contribution < -0.4 is 10.6 Å². The lowest BCUT2D eigenvalue weighted by molar-refractivity contribution is -0.113. The molecule has 0 saturated heterocycles. The van der Waals surface area contributed by atoms with Gasteiger partial charge in [-0.15, -0.1) is 11.8 Å². The number of carbonyl (C=O) groups excluding carboxylic acids is 4. The molecule has 5 rings (SSSR count). The maximum atomic E-state index is 13.2. The van der Waals surface area contributed by atoms with E-state index in [1.165, 1.54) is 29.0 Å². The van der Waals surface area contributed by atoms with Crippen molar-refractivity contribution in [3.63, 3.8) is 0 Å². The predicted molar refractivity (Wildman–Crippen MR) is 148 cm³/mol. The highest BCUT2D eigenvalue weighted by atomic mass is 32.2. The first-order chi connectivity index (χ1) is 19.0. The molecule has 0 bridgehead atoms. The molecule has 194 valence electrons. The lowest BCUT2D eigenvalue weighted by atomic mass is 10.1. The van der Waals surface area contributed by atoms with Gasteiger partial charge < -0.3 is 15.1 Å². The summed E-state index contributed by atoms with van der Waals surface area (Å²) in [4.78, 5) is 53.1. The number of carbonyl (C=O) groups is 4. The lowest BCUT2D eigenvalue weighted by Gasteiger charge is -2.14. The van der Waals surface area contributed by atoms with Crippen molar-refractivity contribution < 1.29 is 23.6 Å². The molecular weight excluding hydrogens is 514 g/mol. The van der Waals surface area contributed by atoms with Gasteiger partial charge in [-0.3, -0.25) is 24.1 Å². The van der Waals surface area contributed by atoms with Crippen LogP contribution in [-0.2, 0) is 4.79 Å². The van der Waals surface area contributed by atoms with Crippen LogP contribution in [0.2, 0.25) is 0 Å². The summed E-state index contributed by atoms with van der Waals surface area (Å²) in [7, 11) is 0. The van der Waals surface area contributed by atoms with Crippen LogP contribution in [0.15, 0.2) is 112 Å². The van der Waals surface area contributed by atoms with Gasteiger partial charge in [0, 0.05) is 34.5 Å². The SMILES string of the molecule is O=C(Nc1cccc(SCCN2C(=O)c3ccccc3C2=O)c1)/C(=C\c1ccco1)NC(=O)c1ccccc1. The molecule has 1 aromatic heterocycles. The molecule has 2 N–H and O–H groups in total. The fourth-order valence-electron chi connectivity index (χ4n) is 4.02. The third-order valence-electron chi connectivity index (χ3n) is 5.91. The molecule has 0 spiro atoms. The summed E-state index contributed by atoms with van der Waals surface area (Å²) in [5.41, 5.74) is 1.80. The molecular formula is C30H23N3O5S. The number of fused-ring (bicyclic) bond motifs is 1. The van der Waals surface area contributed by atoms with Crippen LogP contribution in [0, 0.1) is 0 Å². The molecule has 8 nitrogen and oxygen atoms in total. The summed E-state index contributed by atoms with van der Waals surface area (Å²) < 4.78 is 5.33. The number of thioether (sulfide) groups is 1. The summed E-state index contributed by atoms with van der Waals surface area (Å²) in [5, 5.41) is 5.48. The van der Waals surface area contributed by atoms with Gasteiger partial charge in [0.2, 0.25) is 0 Å². The minimum Gasteiger partial charge on any atom is -0.465 e. The van der Waals surface area contributed by atoms with Gasteiger partial charge in [0.15, 0.2) is 0 Å². The summed E-state index contributed by atoms with van der Waals surface area (Å²) in [6, 6.07) is 25.9. The Balaban J connectivity index is 1.23. The summed E-state index contributed by atoms with van der Waals surface area (Å²) in [6.07, 6.45) is 2.93. The van der Waals surface area contributed by atoms with E-state index in [0.717, 1.165) is 4.90 Å². The first-order valence-electron chi connectivity index (χ1n) is 12.1. The average Bonchev–Trinajstić information content (AvgIpc) is 3.56. The highest BCUT2D eigenvalue weighted by Crippen LogP contribution is 2.26. The van der Waals surface area contributed by atoms with Crippen molar-refractivity contribution in [2.75, 3.05) is 17.6 Å². The Morgan fingerprint density at radius 2 is 1.56 bits per heavy atom. The van der Waals surface area contributed by atoms with E-state index in [9.17, 15) is 19.2 Å². The fraction of sp³-hybridized carbons (Fsp3) is 0.0667. The van der Waals surface area contributed by atoms with E-state index in [-0.39, 0.29) is 24.1 Å². The number of nitrogens with zero attached hydrogens (tertiary/aromatic N) is 1. The van der Waals surface area contributed by atoms with E-state index in [1.807, 2.05) is 6.07 Å². The smallest absolute Gasteiger partial charge is 0.272 e. The molecule has 1 aliphatic heterocycles. The van der Waals surface area contributed by atoms with Crippen LogP contribution >= 0.6 is 11.8 Å². The Labute approximate surface area is 228 Å². The number of nitrogens with one attached hydrogen (secondary N) is 2. The molecule has 0 radical (unpaired) electrons. The molecule has 1 aliphatic rings. The van der Waals surface area contributed by atoms with Crippen LogP contribution in [0.3, 0.4) is 0 Å². The van der Waals surface area contributed by atoms with E-state index < -0.39 is 11.8 Å². The molecule has 0 saturated carbocycles. The van der Waals surface area contributed by atoms with E-state index in [4.69, 9.17) is 4.42 Å². The van der Waals surface area contributed by atoms with E-state index >= 15 is 0 Å². The largest absolute Gasteiger partial charge is 0.465 e. The maximum Gasteiger partial charge on any atom is 0.272 e. The number of rotatable bonds is 9. The van der Waals surface area contributed by atoms with E-state index in [1.54, 1.807) is 84.9 Å². The van der Waals surface area contributed by atoms with Gasteiger partial charge >= 0.3 is 0 Å². The maximum absolute atomic E-state index is 13.2. The molecule has 0 fully saturated rings. The number of hydrogen-bond acceptors (Lipinski definition) is 6. The Morgan fingerprint density at radius 3 is 2.26 bits per heavy atom. The average molecular weight is 538 g/mol. The monoisotopic (exact) mass is 537 g/mol. The van der Waals surface area contributed by atoms with Gasteiger partial charge in [0.1, 0.15) is 11.5 Å². The second kappa shape index (κ2) is 11.7. The number of anilines is 1. The summed E-state index contributed by atoms with van der Waals surface area (Å²) in [5.74, 6) is -0.633. The van der Waals surface area contributed by atoms with Crippen molar-refractivity contribution in [1.29, 1.82) is 0 Å². The third kappa shape index (κ3) is 6.00.